The molecule has 0 atom stereocenters. The topological polar surface area (TPSA) is 57.7 Å². The zero-order valence-corrected chi connectivity index (χ0v) is 18.7. The Morgan fingerprint density at radius 1 is 1.17 bits per heavy atom. The highest BCUT2D eigenvalue weighted by Gasteiger charge is 2.33. The maximum atomic E-state index is 13.1. The van der Waals surface area contributed by atoms with Crippen molar-refractivity contribution in [3.63, 3.8) is 0 Å². The van der Waals surface area contributed by atoms with Crippen molar-refractivity contribution in [2.75, 3.05) is 20.1 Å². The third-order valence-electron chi connectivity index (χ3n) is 6.24. The molecule has 5 nitrogen and oxygen atoms in total. The lowest BCUT2D eigenvalue weighted by Gasteiger charge is -2.32. The van der Waals surface area contributed by atoms with Crippen LogP contribution >= 0.6 is 11.3 Å². The molecule has 1 aliphatic carbocycles. The summed E-state index contributed by atoms with van der Waals surface area (Å²) in [7, 11) is -1.65. The predicted molar refractivity (Wildman–Crippen MR) is 115 cm³/mol. The van der Waals surface area contributed by atoms with Crippen molar-refractivity contribution in [3.05, 3.63) is 51.2 Å². The summed E-state index contributed by atoms with van der Waals surface area (Å²) in [6, 6.07) is 7.63. The third kappa shape index (κ3) is 4.13. The Balaban J connectivity index is 1.38. The monoisotopic (exact) mass is 432 g/mol. The molecule has 0 bridgehead atoms. The van der Waals surface area contributed by atoms with Crippen LogP contribution in [0, 0.1) is 12.8 Å². The van der Waals surface area contributed by atoms with Gasteiger partial charge in [0.15, 0.2) is 0 Å². The minimum Gasteiger partial charge on any atom is -0.340 e. The Kier molecular flexibility index (Phi) is 5.82. The number of piperidine rings is 1. The van der Waals surface area contributed by atoms with E-state index in [1.54, 1.807) is 26.6 Å². The number of nitrogens with zero attached hydrogens (tertiary/aromatic N) is 2. The number of hydrogen-bond acceptors (Lipinski definition) is 4. The minimum atomic E-state index is -3.49. The summed E-state index contributed by atoms with van der Waals surface area (Å²) in [5.41, 5.74) is 3.66. The van der Waals surface area contributed by atoms with E-state index in [0.717, 1.165) is 19.3 Å². The summed E-state index contributed by atoms with van der Waals surface area (Å²) in [4.78, 5) is 16.2. The molecule has 2 heterocycles. The number of benzene rings is 1. The summed E-state index contributed by atoms with van der Waals surface area (Å²) in [6.07, 6.45) is 4.27. The first kappa shape index (κ1) is 20.6. The Morgan fingerprint density at radius 2 is 1.90 bits per heavy atom. The molecular formula is C22H28N2O3S2. The zero-order chi connectivity index (χ0) is 20.6. The molecule has 2 aliphatic rings. The van der Waals surface area contributed by atoms with Gasteiger partial charge >= 0.3 is 0 Å². The SMILES string of the molecule is Cc1ccsc1CN(C)C(=O)C1CCN(S(=O)(=O)c2ccc3c(c2)CCC3)CC1. The second-order valence-electron chi connectivity index (χ2n) is 8.18. The number of amides is 1. The van der Waals surface area contributed by atoms with Crippen molar-refractivity contribution >= 4 is 27.3 Å². The number of sulfonamides is 1. The van der Waals surface area contributed by atoms with Gasteiger partial charge in [0.1, 0.15) is 0 Å². The molecule has 0 spiro atoms. The highest BCUT2D eigenvalue weighted by atomic mass is 32.2. The fraction of sp³-hybridized carbons (Fsp3) is 0.500. The maximum Gasteiger partial charge on any atom is 0.243 e. The molecule has 1 amide bonds. The average Bonchev–Trinajstić information content (AvgIpc) is 3.35. The molecule has 4 rings (SSSR count). The average molecular weight is 433 g/mol. The van der Waals surface area contributed by atoms with Crippen molar-refractivity contribution in [2.24, 2.45) is 5.92 Å². The lowest BCUT2D eigenvalue weighted by molar-refractivity contribution is -0.135. The first-order chi connectivity index (χ1) is 13.9. The molecule has 2 aromatic rings. The molecule has 0 unspecified atom stereocenters. The quantitative estimate of drug-likeness (QED) is 0.725. The second-order valence-corrected chi connectivity index (χ2v) is 11.1. The van der Waals surface area contributed by atoms with Gasteiger partial charge in [-0.05, 0) is 79.3 Å². The van der Waals surface area contributed by atoms with Gasteiger partial charge in [-0.1, -0.05) is 6.07 Å². The van der Waals surface area contributed by atoms with Crippen molar-refractivity contribution < 1.29 is 13.2 Å². The Bertz CT molecular complexity index is 1000. The molecule has 0 N–H and O–H groups in total. The lowest BCUT2D eigenvalue weighted by Crippen LogP contribution is -2.43. The number of aryl methyl sites for hydroxylation is 3. The molecule has 29 heavy (non-hydrogen) atoms. The van der Waals surface area contributed by atoms with Gasteiger partial charge in [-0.15, -0.1) is 11.3 Å². The van der Waals surface area contributed by atoms with Crippen LogP contribution < -0.4 is 0 Å². The molecule has 156 valence electrons. The first-order valence-corrected chi connectivity index (χ1v) is 12.6. The maximum absolute atomic E-state index is 13.1. The summed E-state index contributed by atoms with van der Waals surface area (Å²) in [5, 5.41) is 2.05. The van der Waals surface area contributed by atoms with Gasteiger partial charge in [-0.3, -0.25) is 4.79 Å². The fourth-order valence-corrected chi connectivity index (χ4v) is 6.85. The van der Waals surface area contributed by atoms with E-state index in [1.165, 1.54) is 21.6 Å². The first-order valence-electron chi connectivity index (χ1n) is 10.3. The summed E-state index contributed by atoms with van der Waals surface area (Å²) in [6.45, 7) is 3.49. The fourth-order valence-electron chi connectivity index (χ4n) is 4.37. The van der Waals surface area contributed by atoms with Crippen LogP contribution in [0.1, 0.15) is 40.8 Å². The van der Waals surface area contributed by atoms with E-state index < -0.39 is 10.0 Å². The summed E-state index contributed by atoms with van der Waals surface area (Å²) >= 11 is 1.67. The van der Waals surface area contributed by atoms with E-state index in [1.807, 2.05) is 24.6 Å². The van der Waals surface area contributed by atoms with E-state index >= 15 is 0 Å². The molecule has 7 heteroatoms. The Hall–Kier alpha value is -1.70. The summed E-state index contributed by atoms with van der Waals surface area (Å²) < 4.78 is 27.7. The van der Waals surface area contributed by atoms with Crippen molar-refractivity contribution in [1.82, 2.24) is 9.21 Å². The Morgan fingerprint density at radius 3 is 2.59 bits per heavy atom. The minimum absolute atomic E-state index is 0.105. The molecule has 1 aliphatic heterocycles. The number of fused-ring (bicyclic) bond motifs is 1. The number of hydrogen-bond donors (Lipinski definition) is 0. The van der Waals surface area contributed by atoms with Crippen molar-refractivity contribution in [3.8, 4) is 0 Å². The Labute approximate surface area is 177 Å². The highest BCUT2D eigenvalue weighted by Crippen LogP contribution is 2.29. The van der Waals surface area contributed by atoms with E-state index in [9.17, 15) is 13.2 Å². The van der Waals surface area contributed by atoms with Crippen LogP contribution in [-0.4, -0.2) is 43.7 Å². The van der Waals surface area contributed by atoms with E-state index in [-0.39, 0.29) is 11.8 Å². The van der Waals surface area contributed by atoms with Crippen LogP contribution in [-0.2, 0) is 34.2 Å². The zero-order valence-electron chi connectivity index (χ0n) is 17.1. The normalized spacial score (nSPS) is 18.0. The number of carbonyl (C=O) groups excluding carboxylic acids is 1. The molecule has 1 aromatic carbocycles. The number of thiophene rings is 1. The molecule has 0 saturated carbocycles. The lowest BCUT2D eigenvalue weighted by atomic mass is 9.96. The van der Waals surface area contributed by atoms with Gasteiger partial charge in [-0.25, -0.2) is 8.42 Å². The van der Waals surface area contributed by atoms with E-state index in [2.05, 4.69) is 13.0 Å². The second kappa shape index (κ2) is 8.20. The highest BCUT2D eigenvalue weighted by molar-refractivity contribution is 7.89. The summed E-state index contributed by atoms with van der Waals surface area (Å²) in [5.74, 6) is 0.0131. The molecular weight excluding hydrogens is 404 g/mol. The van der Waals surface area contributed by atoms with Crippen molar-refractivity contribution in [2.45, 2.75) is 50.5 Å². The van der Waals surface area contributed by atoms with Gasteiger partial charge in [-0.2, -0.15) is 4.31 Å². The largest absolute Gasteiger partial charge is 0.340 e. The van der Waals surface area contributed by atoms with Crippen LogP contribution in [0.25, 0.3) is 0 Å². The molecule has 1 fully saturated rings. The van der Waals surface area contributed by atoms with Crippen molar-refractivity contribution in [1.29, 1.82) is 0 Å². The smallest absolute Gasteiger partial charge is 0.243 e. The van der Waals surface area contributed by atoms with E-state index in [4.69, 9.17) is 0 Å². The van der Waals surface area contributed by atoms with Crippen LogP contribution in [0.5, 0.6) is 0 Å². The van der Waals surface area contributed by atoms with Gasteiger partial charge in [0, 0.05) is 30.9 Å². The van der Waals surface area contributed by atoms with Crippen LogP contribution in [0.3, 0.4) is 0 Å². The van der Waals surface area contributed by atoms with Gasteiger partial charge in [0.2, 0.25) is 15.9 Å². The van der Waals surface area contributed by atoms with Gasteiger partial charge < -0.3 is 4.90 Å². The molecule has 0 radical (unpaired) electrons. The number of rotatable bonds is 5. The van der Waals surface area contributed by atoms with Crippen LogP contribution in [0.4, 0.5) is 0 Å². The standard InChI is InChI=1S/C22H28N2O3S2/c1-16-10-13-28-21(16)15-23(2)22(25)18-8-11-24(12-9-18)29(26,27)20-7-6-17-4-3-5-19(17)14-20/h6-7,10,13-14,18H,3-5,8-9,11-12,15H2,1-2H3. The van der Waals surface area contributed by atoms with Crippen LogP contribution in [0.2, 0.25) is 0 Å². The van der Waals surface area contributed by atoms with Gasteiger partial charge in [0.05, 0.1) is 11.4 Å². The third-order valence-corrected chi connectivity index (χ3v) is 9.14. The predicted octanol–water partition coefficient (Wildman–Crippen LogP) is 3.60. The van der Waals surface area contributed by atoms with E-state index in [0.29, 0.717) is 37.4 Å². The molecule has 1 aromatic heterocycles. The van der Waals surface area contributed by atoms with Gasteiger partial charge in [0.25, 0.3) is 0 Å². The number of carbonyl (C=O) groups is 1. The van der Waals surface area contributed by atoms with Crippen LogP contribution in [0.15, 0.2) is 34.5 Å². The molecule has 1 saturated heterocycles.